The molecule has 0 spiro atoms. The van der Waals surface area contributed by atoms with Crippen LogP contribution < -0.4 is 10.1 Å². The zero-order valence-corrected chi connectivity index (χ0v) is 13.7. The van der Waals surface area contributed by atoms with Gasteiger partial charge in [0.1, 0.15) is 5.75 Å². The fraction of sp³-hybridized carbons (Fsp3) is 0.294. The van der Waals surface area contributed by atoms with Crippen LogP contribution in [0.5, 0.6) is 5.75 Å². The largest absolute Gasteiger partial charge is 0.496 e. The SMILES string of the molecule is COc1ccc(CN[C@@H](C)c2ccccc2Br)cc1C. The molecule has 2 aromatic carbocycles. The summed E-state index contributed by atoms with van der Waals surface area (Å²) < 4.78 is 6.43. The fourth-order valence-corrected chi connectivity index (χ4v) is 2.89. The van der Waals surface area contributed by atoms with Crippen molar-refractivity contribution < 1.29 is 4.74 Å². The van der Waals surface area contributed by atoms with Gasteiger partial charge in [0.25, 0.3) is 0 Å². The molecule has 106 valence electrons. The number of nitrogens with one attached hydrogen (secondary N) is 1. The minimum atomic E-state index is 0.299. The van der Waals surface area contributed by atoms with Crippen molar-refractivity contribution in [3.05, 3.63) is 63.6 Å². The Bertz CT molecular complexity index is 583. The number of aryl methyl sites for hydroxylation is 1. The summed E-state index contributed by atoms with van der Waals surface area (Å²) in [5.74, 6) is 0.938. The van der Waals surface area contributed by atoms with Gasteiger partial charge in [-0.2, -0.15) is 0 Å². The molecule has 0 aliphatic heterocycles. The van der Waals surface area contributed by atoms with Crippen molar-refractivity contribution >= 4 is 15.9 Å². The van der Waals surface area contributed by atoms with Crippen molar-refractivity contribution in [1.82, 2.24) is 5.32 Å². The molecule has 0 unspecified atom stereocenters. The lowest BCUT2D eigenvalue weighted by molar-refractivity contribution is 0.411. The van der Waals surface area contributed by atoms with Crippen LogP contribution in [0.4, 0.5) is 0 Å². The van der Waals surface area contributed by atoms with Crippen LogP contribution in [0.3, 0.4) is 0 Å². The van der Waals surface area contributed by atoms with Crippen LogP contribution in [0.2, 0.25) is 0 Å². The zero-order valence-electron chi connectivity index (χ0n) is 12.1. The molecular formula is C17H20BrNO. The van der Waals surface area contributed by atoms with Crippen LogP contribution in [-0.2, 0) is 6.54 Å². The molecule has 0 radical (unpaired) electrons. The van der Waals surface area contributed by atoms with E-state index in [0.29, 0.717) is 6.04 Å². The van der Waals surface area contributed by atoms with Gasteiger partial charge in [0, 0.05) is 17.1 Å². The summed E-state index contributed by atoms with van der Waals surface area (Å²) in [7, 11) is 1.70. The number of benzene rings is 2. The molecule has 2 rings (SSSR count). The first kappa shape index (κ1) is 15.1. The third-order valence-corrected chi connectivity index (χ3v) is 4.17. The Labute approximate surface area is 129 Å². The van der Waals surface area contributed by atoms with Crippen molar-refractivity contribution in [2.75, 3.05) is 7.11 Å². The topological polar surface area (TPSA) is 21.3 Å². The molecular weight excluding hydrogens is 314 g/mol. The predicted molar refractivity (Wildman–Crippen MR) is 87.1 cm³/mol. The second-order valence-corrected chi connectivity index (χ2v) is 5.78. The molecule has 0 saturated heterocycles. The van der Waals surface area contributed by atoms with Crippen molar-refractivity contribution in [2.45, 2.75) is 26.4 Å². The van der Waals surface area contributed by atoms with Crippen LogP contribution >= 0.6 is 15.9 Å². The van der Waals surface area contributed by atoms with Gasteiger partial charge in [0.05, 0.1) is 7.11 Å². The quantitative estimate of drug-likeness (QED) is 0.862. The number of ether oxygens (including phenoxy) is 1. The lowest BCUT2D eigenvalue weighted by Crippen LogP contribution is -2.18. The Balaban J connectivity index is 2.02. The Morgan fingerprint density at radius 3 is 2.60 bits per heavy atom. The summed E-state index contributed by atoms with van der Waals surface area (Å²) in [4.78, 5) is 0. The van der Waals surface area contributed by atoms with E-state index in [1.165, 1.54) is 16.7 Å². The highest BCUT2D eigenvalue weighted by Gasteiger charge is 2.08. The molecule has 0 bridgehead atoms. The summed E-state index contributed by atoms with van der Waals surface area (Å²) in [5.41, 5.74) is 3.71. The maximum atomic E-state index is 5.28. The third kappa shape index (κ3) is 3.62. The number of halogens is 1. The van der Waals surface area contributed by atoms with Crippen LogP contribution in [0, 0.1) is 6.92 Å². The summed E-state index contributed by atoms with van der Waals surface area (Å²) >= 11 is 3.60. The minimum absolute atomic E-state index is 0.299. The second-order valence-electron chi connectivity index (χ2n) is 4.93. The van der Waals surface area contributed by atoms with Crippen LogP contribution in [0.15, 0.2) is 46.9 Å². The minimum Gasteiger partial charge on any atom is -0.496 e. The lowest BCUT2D eigenvalue weighted by Gasteiger charge is -2.16. The highest BCUT2D eigenvalue weighted by Crippen LogP contribution is 2.23. The first-order valence-corrected chi connectivity index (χ1v) is 7.52. The Hall–Kier alpha value is -1.32. The highest BCUT2D eigenvalue weighted by atomic mass is 79.9. The van der Waals surface area contributed by atoms with Crippen molar-refractivity contribution in [3.63, 3.8) is 0 Å². The molecule has 0 amide bonds. The van der Waals surface area contributed by atoms with E-state index in [9.17, 15) is 0 Å². The van der Waals surface area contributed by atoms with Gasteiger partial charge < -0.3 is 10.1 Å². The Kier molecular flexibility index (Phi) is 5.21. The van der Waals surface area contributed by atoms with E-state index in [1.54, 1.807) is 7.11 Å². The zero-order chi connectivity index (χ0) is 14.5. The predicted octanol–water partition coefficient (Wildman–Crippen LogP) is 4.62. The van der Waals surface area contributed by atoms with E-state index >= 15 is 0 Å². The average molecular weight is 334 g/mol. The maximum Gasteiger partial charge on any atom is 0.121 e. The third-order valence-electron chi connectivity index (χ3n) is 3.44. The molecule has 0 fully saturated rings. The first-order chi connectivity index (χ1) is 9.61. The van der Waals surface area contributed by atoms with E-state index in [1.807, 2.05) is 12.1 Å². The lowest BCUT2D eigenvalue weighted by atomic mass is 10.1. The molecule has 0 heterocycles. The molecule has 0 aromatic heterocycles. The molecule has 2 aromatic rings. The molecule has 0 aliphatic rings. The monoisotopic (exact) mass is 333 g/mol. The molecule has 0 aliphatic carbocycles. The van der Waals surface area contributed by atoms with Crippen molar-refractivity contribution in [2.24, 2.45) is 0 Å². The summed E-state index contributed by atoms with van der Waals surface area (Å²) in [6.45, 7) is 5.09. The molecule has 2 nitrogen and oxygen atoms in total. The smallest absolute Gasteiger partial charge is 0.121 e. The van der Waals surface area contributed by atoms with Gasteiger partial charge in [0.15, 0.2) is 0 Å². The first-order valence-electron chi connectivity index (χ1n) is 6.73. The van der Waals surface area contributed by atoms with Crippen LogP contribution in [0.1, 0.15) is 29.7 Å². The van der Waals surface area contributed by atoms with Gasteiger partial charge >= 0.3 is 0 Å². The molecule has 20 heavy (non-hydrogen) atoms. The van der Waals surface area contributed by atoms with E-state index in [2.05, 4.69) is 65.4 Å². The Morgan fingerprint density at radius 2 is 1.95 bits per heavy atom. The molecule has 3 heteroatoms. The van der Waals surface area contributed by atoms with E-state index in [4.69, 9.17) is 4.74 Å². The van der Waals surface area contributed by atoms with Crippen molar-refractivity contribution in [3.8, 4) is 5.75 Å². The van der Waals surface area contributed by atoms with Gasteiger partial charge in [0.2, 0.25) is 0 Å². The number of hydrogen-bond donors (Lipinski definition) is 1. The van der Waals surface area contributed by atoms with Crippen molar-refractivity contribution in [1.29, 1.82) is 0 Å². The number of methoxy groups -OCH3 is 1. The highest BCUT2D eigenvalue weighted by molar-refractivity contribution is 9.10. The van der Waals surface area contributed by atoms with E-state index < -0.39 is 0 Å². The molecule has 1 atom stereocenters. The summed E-state index contributed by atoms with van der Waals surface area (Å²) in [5, 5.41) is 3.55. The molecule has 0 saturated carbocycles. The van der Waals surface area contributed by atoms with Gasteiger partial charge in [-0.3, -0.25) is 0 Å². The Morgan fingerprint density at radius 1 is 1.20 bits per heavy atom. The average Bonchev–Trinajstić information content (AvgIpc) is 2.45. The molecule has 1 N–H and O–H groups in total. The normalized spacial score (nSPS) is 12.2. The summed E-state index contributed by atoms with van der Waals surface area (Å²) in [6.07, 6.45) is 0. The summed E-state index contributed by atoms with van der Waals surface area (Å²) in [6, 6.07) is 14.9. The van der Waals surface area contributed by atoms with E-state index in [0.717, 1.165) is 16.8 Å². The maximum absolute atomic E-state index is 5.28. The standard InChI is InChI=1S/C17H20BrNO/c1-12-10-14(8-9-17(12)20-3)11-19-13(2)15-6-4-5-7-16(15)18/h4-10,13,19H,11H2,1-3H3/t13-/m0/s1. The van der Waals surface area contributed by atoms with E-state index in [-0.39, 0.29) is 0 Å². The number of rotatable bonds is 5. The number of hydrogen-bond acceptors (Lipinski definition) is 2. The van der Waals surface area contributed by atoms with Gasteiger partial charge in [-0.15, -0.1) is 0 Å². The second kappa shape index (κ2) is 6.91. The van der Waals surface area contributed by atoms with Gasteiger partial charge in [-0.25, -0.2) is 0 Å². The fourth-order valence-electron chi connectivity index (χ4n) is 2.26. The van der Waals surface area contributed by atoms with Gasteiger partial charge in [-0.05, 0) is 42.7 Å². The van der Waals surface area contributed by atoms with Crippen LogP contribution in [0.25, 0.3) is 0 Å². The van der Waals surface area contributed by atoms with Crippen LogP contribution in [-0.4, -0.2) is 7.11 Å². The van der Waals surface area contributed by atoms with Gasteiger partial charge in [-0.1, -0.05) is 46.3 Å².